The van der Waals surface area contributed by atoms with E-state index < -0.39 is 0 Å². The second-order valence-electron chi connectivity index (χ2n) is 5.12. The van der Waals surface area contributed by atoms with Gasteiger partial charge in [-0.1, -0.05) is 11.6 Å². The predicted molar refractivity (Wildman–Crippen MR) is 81.7 cm³/mol. The molecule has 0 bridgehead atoms. The van der Waals surface area contributed by atoms with Crippen molar-refractivity contribution in [2.75, 3.05) is 24.6 Å². The molecule has 21 heavy (non-hydrogen) atoms. The molecule has 0 aliphatic carbocycles. The Morgan fingerprint density at radius 3 is 3.05 bits per heavy atom. The lowest BCUT2D eigenvalue weighted by molar-refractivity contribution is 0.221. The summed E-state index contributed by atoms with van der Waals surface area (Å²) in [6, 6.07) is 5.53. The van der Waals surface area contributed by atoms with Gasteiger partial charge in [-0.2, -0.15) is 0 Å². The first-order chi connectivity index (χ1) is 10.3. The molecule has 1 aliphatic rings. The zero-order chi connectivity index (χ0) is 14.5. The molecule has 1 fully saturated rings. The minimum atomic E-state index is 0.451. The number of aromatic nitrogens is 3. The number of rotatable bonds is 4. The molecule has 1 unspecified atom stereocenters. The van der Waals surface area contributed by atoms with Crippen molar-refractivity contribution in [2.24, 2.45) is 5.92 Å². The van der Waals surface area contributed by atoms with Gasteiger partial charge in [0.15, 0.2) is 0 Å². The smallest absolute Gasteiger partial charge is 0.232 e. The summed E-state index contributed by atoms with van der Waals surface area (Å²) in [5.74, 6) is 1.94. The molecule has 2 aromatic rings. The summed E-state index contributed by atoms with van der Waals surface area (Å²) < 4.78 is 5.76. The maximum atomic E-state index is 6.05. The van der Waals surface area contributed by atoms with Crippen molar-refractivity contribution < 1.29 is 4.74 Å². The number of halogens is 1. The van der Waals surface area contributed by atoms with Crippen LogP contribution in [0.1, 0.15) is 12.8 Å². The number of nitrogens with zero attached hydrogens (tertiary/aromatic N) is 4. The maximum absolute atomic E-state index is 6.05. The third-order valence-corrected chi connectivity index (χ3v) is 3.88. The average molecular weight is 305 g/mol. The van der Waals surface area contributed by atoms with Crippen molar-refractivity contribution in [1.29, 1.82) is 0 Å². The molecule has 2 aromatic heterocycles. The highest BCUT2D eigenvalue weighted by molar-refractivity contribution is 6.31. The van der Waals surface area contributed by atoms with E-state index in [0.717, 1.165) is 31.7 Å². The highest BCUT2D eigenvalue weighted by atomic mass is 35.5. The fourth-order valence-electron chi connectivity index (χ4n) is 2.55. The van der Waals surface area contributed by atoms with Gasteiger partial charge in [0.2, 0.25) is 5.88 Å². The summed E-state index contributed by atoms with van der Waals surface area (Å²) in [4.78, 5) is 14.7. The summed E-state index contributed by atoms with van der Waals surface area (Å²) in [6.07, 6.45) is 7.33. The number of anilines is 1. The number of hydrogen-bond acceptors (Lipinski definition) is 5. The summed E-state index contributed by atoms with van der Waals surface area (Å²) in [5.41, 5.74) is 0. The molecular weight excluding hydrogens is 288 g/mol. The fraction of sp³-hybridized carbons (Fsp3) is 0.400. The zero-order valence-electron chi connectivity index (χ0n) is 11.7. The summed E-state index contributed by atoms with van der Waals surface area (Å²) >= 11 is 6.05. The SMILES string of the molecule is Clc1cccnc1OCC1CCCN(c2ccncn2)C1. The maximum Gasteiger partial charge on any atom is 0.232 e. The first-order valence-corrected chi connectivity index (χ1v) is 7.45. The summed E-state index contributed by atoms with van der Waals surface area (Å²) in [7, 11) is 0. The van der Waals surface area contributed by atoms with E-state index in [4.69, 9.17) is 16.3 Å². The second-order valence-corrected chi connectivity index (χ2v) is 5.53. The van der Waals surface area contributed by atoms with Gasteiger partial charge in [-0.3, -0.25) is 0 Å². The molecule has 110 valence electrons. The number of ether oxygens (including phenoxy) is 1. The first-order valence-electron chi connectivity index (χ1n) is 7.07. The van der Waals surface area contributed by atoms with Gasteiger partial charge in [-0.25, -0.2) is 15.0 Å². The molecule has 0 aromatic carbocycles. The quantitative estimate of drug-likeness (QED) is 0.869. The molecule has 3 rings (SSSR count). The van der Waals surface area contributed by atoms with E-state index in [9.17, 15) is 0 Å². The van der Waals surface area contributed by atoms with Crippen LogP contribution in [0.25, 0.3) is 0 Å². The highest BCUT2D eigenvalue weighted by Crippen LogP contribution is 2.24. The van der Waals surface area contributed by atoms with Crippen molar-refractivity contribution >= 4 is 17.4 Å². The second kappa shape index (κ2) is 6.72. The molecule has 6 heteroatoms. The molecule has 3 heterocycles. The van der Waals surface area contributed by atoms with Gasteiger partial charge >= 0.3 is 0 Å². The van der Waals surface area contributed by atoms with Gasteiger partial charge in [0.25, 0.3) is 0 Å². The Hall–Kier alpha value is -1.88. The highest BCUT2D eigenvalue weighted by Gasteiger charge is 2.21. The van der Waals surface area contributed by atoms with Crippen LogP contribution in [0.2, 0.25) is 5.02 Å². The van der Waals surface area contributed by atoms with E-state index in [1.807, 2.05) is 6.07 Å². The van der Waals surface area contributed by atoms with Crippen LogP contribution >= 0.6 is 11.6 Å². The zero-order valence-corrected chi connectivity index (χ0v) is 12.4. The van der Waals surface area contributed by atoms with E-state index >= 15 is 0 Å². The van der Waals surface area contributed by atoms with Crippen molar-refractivity contribution in [3.8, 4) is 5.88 Å². The topological polar surface area (TPSA) is 51.1 Å². The fourth-order valence-corrected chi connectivity index (χ4v) is 2.73. The number of pyridine rings is 1. The number of piperidine rings is 1. The van der Waals surface area contributed by atoms with Crippen LogP contribution in [-0.2, 0) is 0 Å². The van der Waals surface area contributed by atoms with Crippen molar-refractivity contribution in [3.05, 3.63) is 41.9 Å². The van der Waals surface area contributed by atoms with Crippen LogP contribution in [0.5, 0.6) is 5.88 Å². The molecule has 1 saturated heterocycles. The predicted octanol–water partition coefficient (Wildman–Crippen LogP) is 2.82. The standard InChI is InChI=1S/C15H17ClN4O/c16-13-4-1-6-18-15(13)21-10-12-3-2-8-20(9-12)14-5-7-17-11-19-14/h1,4-7,11-12H,2-3,8-10H2. The van der Waals surface area contributed by atoms with Crippen molar-refractivity contribution in [3.63, 3.8) is 0 Å². The van der Waals surface area contributed by atoms with Gasteiger partial charge in [0.05, 0.1) is 6.61 Å². The van der Waals surface area contributed by atoms with E-state index in [1.165, 1.54) is 0 Å². The largest absolute Gasteiger partial charge is 0.476 e. The minimum Gasteiger partial charge on any atom is -0.476 e. The first kappa shape index (κ1) is 14.1. The Morgan fingerprint density at radius 1 is 1.29 bits per heavy atom. The molecule has 0 radical (unpaired) electrons. The summed E-state index contributed by atoms with van der Waals surface area (Å²) in [6.45, 7) is 2.58. The van der Waals surface area contributed by atoms with Crippen molar-refractivity contribution in [1.82, 2.24) is 15.0 Å². The third-order valence-electron chi connectivity index (χ3n) is 3.59. The van der Waals surface area contributed by atoms with Crippen LogP contribution in [0.3, 0.4) is 0 Å². The van der Waals surface area contributed by atoms with Crippen LogP contribution < -0.4 is 9.64 Å². The Bertz CT molecular complexity index is 581. The lowest BCUT2D eigenvalue weighted by atomic mass is 9.99. The molecule has 1 atom stereocenters. The summed E-state index contributed by atoms with van der Waals surface area (Å²) in [5, 5.41) is 0.556. The average Bonchev–Trinajstić information content (AvgIpc) is 2.55. The van der Waals surface area contributed by atoms with Gasteiger partial charge in [0.1, 0.15) is 17.2 Å². The Kier molecular flexibility index (Phi) is 4.50. The van der Waals surface area contributed by atoms with Crippen LogP contribution in [0.15, 0.2) is 36.9 Å². The van der Waals surface area contributed by atoms with Gasteiger partial charge in [-0.05, 0) is 31.0 Å². The van der Waals surface area contributed by atoms with Crippen molar-refractivity contribution in [2.45, 2.75) is 12.8 Å². The molecule has 1 aliphatic heterocycles. The monoisotopic (exact) mass is 304 g/mol. The Labute approximate surface area is 129 Å². The van der Waals surface area contributed by atoms with Gasteiger partial charge in [0, 0.05) is 31.4 Å². The Balaban J connectivity index is 1.58. The molecule has 5 nitrogen and oxygen atoms in total. The minimum absolute atomic E-state index is 0.451. The van der Waals surface area contributed by atoms with Gasteiger partial charge in [-0.15, -0.1) is 0 Å². The molecule has 0 amide bonds. The van der Waals surface area contributed by atoms with E-state index in [2.05, 4.69) is 19.9 Å². The molecule has 0 N–H and O–H groups in total. The van der Waals surface area contributed by atoms with E-state index in [0.29, 0.717) is 23.4 Å². The van der Waals surface area contributed by atoms with Crippen LogP contribution in [0, 0.1) is 5.92 Å². The Morgan fingerprint density at radius 2 is 2.24 bits per heavy atom. The van der Waals surface area contributed by atoms with E-state index in [1.54, 1.807) is 30.9 Å². The molecular formula is C15H17ClN4O. The molecule has 0 saturated carbocycles. The lowest BCUT2D eigenvalue weighted by Gasteiger charge is -2.33. The lowest BCUT2D eigenvalue weighted by Crippen LogP contribution is -2.38. The van der Waals surface area contributed by atoms with Crippen LogP contribution in [-0.4, -0.2) is 34.6 Å². The normalized spacial score (nSPS) is 18.5. The van der Waals surface area contributed by atoms with E-state index in [-0.39, 0.29) is 0 Å². The number of hydrogen-bond donors (Lipinski definition) is 0. The third kappa shape index (κ3) is 3.61. The molecule has 0 spiro atoms. The van der Waals surface area contributed by atoms with Gasteiger partial charge < -0.3 is 9.64 Å². The van der Waals surface area contributed by atoms with Crippen LogP contribution in [0.4, 0.5) is 5.82 Å².